The van der Waals surface area contributed by atoms with Gasteiger partial charge < -0.3 is 4.98 Å². The number of benzene rings is 3. The van der Waals surface area contributed by atoms with Crippen molar-refractivity contribution in [3.63, 3.8) is 0 Å². The molecule has 0 bridgehead atoms. The van der Waals surface area contributed by atoms with Crippen LogP contribution in [0.25, 0.3) is 33.3 Å². The number of nitrogens with one attached hydrogen (secondary N) is 1. The Morgan fingerprint density at radius 2 is 1.36 bits per heavy atom. The summed E-state index contributed by atoms with van der Waals surface area (Å²) in [5.74, 6) is 0. The molecule has 0 aliphatic carbocycles. The molecule has 0 saturated heterocycles. The fourth-order valence-electron chi connectivity index (χ4n) is 3.07. The van der Waals surface area contributed by atoms with Crippen molar-refractivity contribution in [2.24, 2.45) is 5.14 Å². The van der Waals surface area contributed by atoms with Gasteiger partial charge in [-0.2, -0.15) is 0 Å². The number of hydrogen-bond acceptors (Lipinski definition) is 2. The molecule has 0 amide bonds. The quantitative estimate of drug-likeness (QED) is 0.583. The van der Waals surface area contributed by atoms with Gasteiger partial charge in [-0.15, -0.1) is 0 Å². The summed E-state index contributed by atoms with van der Waals surface area (Å²) in [4.78, 5) is 3.59. The maximum absolute atomic E-state index is 11.5. The molecule has 1 aromatic heterocycles. The number of hydrogen-bond donors (Lipinski definition) is 2. The molecule has 4 aromatic rings. The van der Waals surface area contributed by atoms with Crippen molar-refractivity contribution in [2.45, 2.75) is 4.90 Å². The molecule has 5 heteroatoms. The first kappa shape index (κ1) is 15.6. The highest BCUT2D eigenvalue weighted by Gasteiger charge is 2.15. The number of rotatable bonds is 3. The largest absolute Gasteiger partial charge is 0.354 e. The number of H-pyrrole nitrogens is 1. The third kappa shape index (κ3) is 2.84. The lowest BCUT2D eigenvalue weighted by molar-refractivity contribution is 0.598. The van der Waals surface area contributed by atoms with Gasteiger partial charge in [0.2, 0.25) is 10.0 Å². The summed E-state index contributed by atoms with van der Waals surface area (Å²) in [5, 5.41) is 6.29. The first-order valence-corrected chi connectivity index (χ1v) is 9.38. The number of primary sulfonamides is 1. The fourth-order valence-corrected chi connectivity index (χ4v) is 3.59. The van der Waals surface area contributed by atoms with E-state index in [1.807, 2.05) is 48.5 Å². The molecular weight excluding hydrogens is 332 g/mol. The minimum Gasteiger partial charge on any atom is -0.354 e. The lowest BCUT2D eigenvalue weighted by atomic mass is 9.98. The average Bonchev–Trinajstić information content (AvgIpc) is 3.01. The normalized spacial score (nSPS) is 11.7. The highest BCUT2D eigenvalue weighted by Crippen LogP contribution is 2.38. The van der Waals surface area contributed by atoms with E-state index in [0.717, 1.165) is 33.3 Å². The second-order valence-electron chi connectivity index (χ2n) is 5.86. The van der Waals surface area contributed by atoms with Gasteiger partial charge in [0.1, 0.15) is 0 Å². The molecule has 0 spiro atoms. The molecule has 0 unspecified atom stereocenters. The summed E-state index contributed by atoms with van der Waals surface area (Å²) in [6.45, 7) is 0. The predicted octanol–water partition coefficient (Wildman–Crippen LogP) is 4.15. The Morgan fingerprint density at radius 3 is 2.04 bits per heavy atom. The molecule has 0 aliphatic rings. The van der Waals surface area contributed by atoms with Crippen molar-refractivity contribution in [2.75, 3.05) is 0 Å². The molecule has 0 fully saturated rings. The molecule has 0 radical (unpaired) electrons. The van der Waals surface area contributed by atoms with E-state index in [1.54, 1.807) is 24.3 Å². The van der Waals surface area contributed by atoms with Crippen LogP contribution in [-0.2, 0) is 10.0 Å². The molecule has 0 aliphatic heterocycles. The predicted molar refractivity (Wildman–Crippen MR) is 101 cm³/mol. The summed E-state index contributed by atoms with van der Waals surface area (Å²) < 4.78 is 23.0. The van der Waals surface area contributed by atoms with E-state index in [2.05, 4.69) is 11.1 Å². The number of sulfonamides is 1. The Hall–Kier alpha value is -2.89. The van der Waals surface area contributed by atoms with E-state index in [4.69, 9.17) is 5.14 Å². The lowest BCUT2D eigenvalue weighted by Gasteiger charge is -2.07. The fraction of sp³-hybridized carbons (Fsp3) is 0. The number of para-hydroxylation sites is 1. The molecule has 3 aromatic carbocycles. The van der Waals surface area contributed by atoms with Crippen LogP contribution < -0.4 is 5.14 Å². The Labute approximate surface area is 146 Å². The van der Waals surface area contributed by atoms with Crippen molar-refractivity contribution in [1.29, 1.82) is 0 Å². The number of nitrogens with two attached hydrogens (primary N) is 1. The Balaban J connectivity index is 1.97. The molecule has 25 heavy (non-hydrogen) atoms. The van der Waals surface area contributed by atoms with Gasteiger partial charge in [-0.1, -0.05) is 60.7 Å². The van der Waals surface area contributed by atoms with E-state index in [9.17, 15) is 8.42 Å². The molecule has 4 rings (SSSR count). The van der Waals surface area contributed by atoms with Gasteiger partial charge in [-0.25, -0.2) is 13.6 Å². The van der Waals surface area contributed by atoms with Gasteiger partial charge in [0.15, 0.2) is 0 Å². The van der Waals surface area contributed by atoms with Crippen LogP contribution in [0.15, 0.2) is 83.8 Å². The van der Waals surface area contributed by atoms with Crippen LogP contribution in [0, 0.1) is 0 Å². The van der Waals surface area contributed by atoms with Crippen LogP contribution in [-0.4, -0.2) is 13.4 Å². The first-order chi connectivity index (χ1) is 12.0. The second-order valence-corrected chi connectivity index (χ2v) is 7.42. The maximum atomic E-state index is 11.5. The molecule has 0 atom stereocenters. The highest BCUT2D eigenvalue weighted by molar-refractivity contribution is 7.89. The zero-order valence-corrected chi connectivity index (χ0v) is 14.1. The Kier molecular flexibility index (Phi) is 3.67. The van der Waals surface area contributed by atoms with Gasteiger partial charge >= 0.3 is 0 Å². The Bertz CT molecular complexity index is 1150. The molecule has 1 heterocycles. The van der Waals surface area contributed by atoms with Crippen molar-refractivity contribution >= 4 is 20.9 Å². The minimum absolute atomic E-state index is 0.109. The van der Waals surface area contributed by atoms with Gasteiger partial charge in [0, 0.05) is 16.5 Å². The smallest absolute Gasteiger partial charge is 0.238 e. The highest BCUT2D eigenvalue weighted by atomic mass is 32.2. The second kappa shape index (κ2) is 5.88. The summed E-state index contributed by atoms with van der Waals surface area (Å²) >= 11 is 0. The average molecular weight is 348 g/mol. The third-order valence-corrected chi connectivity index (χ3v) is 5.17. The monoisotopic (exact) mass is 348 g/mol. The van der Waals surface area contributed by atoms with E-state index in [0.29, 0.717) is 0 Å². The van der Waals surface area contributed by atoms with Crippen molar-refractivity contribution in [1.82, 2.24) is 4.98 Å². The van der Waals surface area contributed by atoms with Gasteiger partial charge in [0.25, 0.3) is 0 Å². The number of aromatic nitrogens is 1. The molecule has 3 N–H and O–H groups in total. The SMILES string of the molecule is NS(=O)(=O)c1ccc(-c2c(-c3ccccc3)[nH]c3ccccc23)cc1. The maximum Gasteiger partial charge on any atom is 0.238 e. The van der Waals surface area contributed by atoms with Crippen molar-refractivity contribution in [3.8, 4) is 22.4 Å². The van der Waals surface area contributed by atoms with Gasteiger partial charge in [-0.05, 0) is 29.3 Å². The zero-order chi connectivity index (χ0) is 17.4. The summed E-state index contributed by atoms with van der Waals surface area (Å²) in [6.07, 6.45) is 0. The van der Waals surface area contributed by atoms with E-state index >= 15 is 0 Å². The van der Waals surface area contributed by atoms with Crippen LogP contribution in [0.3, 0.4) is 0 Å². The van der Waals surface area contributed by atoms with Crippen LogP contribution in [0.2, 0.25) is 0 Å². The summed E-state index contributed by atoms with van der Waals surface area (Å²) in [5.41, 5.74) is 5.09. The van der Waals surface area contributed by atoms with E-state index < -0.39 is 10.0 Å². The first-order valence-electron chi connectivity index (χ1n) is 7.83. The summed E-state index contributed by atoms with van der Waals surface area (Å²) in [7, 11) is -3.70. The molecular formula is C20H16N2O2S. The minimum atomic E-state index is -3.70. The lowest BCUT2D eigenvalue weighted by Crippen LogP contribution is -2.11. The zero-order valence-electron chi connectivity index (χ0n) is 13.3. The molecule has 4 nitrogen and oxygen atoms in total. The van der Waals surface area contributed by atoms with Crippen LogP contribution in [0.5, 0.6) is 0 Å². The summed E-state index contributed by atoms with van der Waals surface area (Å²) in [6, 6.07) is 24.8. The number of fused-ring (bicyclic) bond motifs is 1. The van der Waals surface area contributed by atoms with E-state index in [1.165, 1.54) is 0 Å². The Morgan fingerprint density at radius 1 is 0.720 bits per heavy atom. The molecule has 124 valence electrons. The van der Waals surface area contributed by atoms with Crippen LogP contribution >= 0.6 is 0 Å². The van der Waals surface area contributed by atoms with Gasteiger partial charge in [-0.3, -0.25) is 0 Å². The van der Waals surface area contributed by atoms with Gasteiger partial charge in [0.05, 0.1) is 10.6 Å². The third-order valence-electron chi connectivity index (χ3n) is 4.24. The van der Waals surface area contributed by atoms with Crippen LogP contribution in [0.4, 0.5) is 0 Å². The molecule has 0 saturated carbocycles. The van der Waals surface area contributed by atoms with Crippen molar-refractivity contribution < 1.29 is 8.42 Å². The topological polar surface area (TPSA) is 76.0 Å². The number of aromatic amines is 1. The standard InChI is InChI=1S/C20H16N2O2S/c21-25(23,24)16-12-10-14(11-13-16)19-17-8-4-5-9-18(17)22-20(19)15-6-2-1-3-7-15/h1-13,22H,(H2,21,23,24). The van der Waals surface area contributed by atoms with E-state index in [-0.39, 0.29) is 4.90 Å². The van der Waals surface area contributed by atoms with Crippen LogP contribution in [0.1, 0.15) is 0 Å². The van der Waals surface area contributed by atoms with Crippen molar-refractivity contribution in [3.05, 3.63) is 78.9 Å².